The monoisotopic (exact) mass is 448 g/mol. The Morgan fingerprint density at radius 1 is 1.21 bits per heavy atom. The summed E-state index contributed by atoms with van der Waals surface area (Å²) in [7, 11) is 7.00. The molecule has 1 fully saturated rings. The van der Waals surface area contributed by atoms with E-state index in [1.165, 1.54) is 16.8 Å². The van der Waals surface area contributed by atoms with Gasteiger partial charge in [-0.15, -0.1) is 0 Å². The molecule has 1 amide bonds. The van der Waals surface area contributed by atoms with E-state index < -0.39 is 0 Å². The molecule has 0 N–H and O–H groups in total. The number of carbonyl (C=O) groups is 1. The van der Waals surface area contributed by atoms with Gasteiger partial charge in [-0.25, -0.2) is 14.6 Å². The average Bonchev–Trinajstić information content (AvgIpc) is 2.85. The highest BCUT2D eigenvalue weighted by molar-refractivity contribution is 5.92. The number of aryl methyl sites for hydroxylation is 1. The Hall–Kier alpha value is -3.75. The first-order valence-corrected chi connectivity index (χ1v) is 10.9. The number of benzene rings is 1. The Bertz CT molecular complexity index is 1220. The SMILES string of the molecule is COc1cccc(-c2cnc(N(C)C)nc2C2CCCN(C(=O)c3ccc(=O)n(C)n3)C2)c1. The van der Waals surface area contributed by atoms with Crippen LogP contribution >= 0.6 is 0 Å². The summed E-state index contributed by atoms with van der Waals surface area (Å²) in [6.07, 6.45) is 3.61. The van der Waals surface area contributed by atoms with E-state index in [1.54, 1.807) is 19.1 Å². The topological polar surface area (TPSA) is 93.5 Å². The van der Waals surface area contributed by atoms with Crippen molar-refractivity contribution in [1.82, 2.24) is 24.6 Å². The molecule has 4 rings (SSSR count). The molecule has 1 atom stereocenters. The van der Waals surface area contributed by atoms with Crippen LogP contribution in [0.2, 0.25) is 0 Å². The highest BCUT2D eigenvalue weighted by atomic mass is 16.5. The van der Waals surface area contributed by atoms with Crippen molar-refractivity contribution in [2.24, 2.45) is 7.05 Å². The van der Waals surface area contributed by atoms with Gasteiger partial charge in [0.15, 0.2) is 0 Å². The van der Waals surface area contributed by atoms with Gasteiger partial charge >= 0.3 is 0 Å². The number of anilines is 1. The molecule has 1 unspecified atom stereocenters. The normalized spacial score (nSPS) is 15.9. The van der Waals surface area contributed by atoms with E-state index in [4.69, 9.17) is 9.72 Å². The van der Waals surface area contributed by atoms with Crippen LogP contribution in [-0.4, -0.2) is 64.9 Å². The fraction of sp³-hybridized carbons (Fsp3) is 0.375. The number of aromatic nitrogens is 4. The maximum atomic E-state index is 13.1. The van der Waals surface area contributed by atoms with Crippen LogP contribution in [0, 0.1) is 0 Å². The predicted octanol–water partition coefficient (Wildman–Crippen LogP) is 2.33. The highest BCUT2D eigenvalue weighted by Gasteiger charge is 2.29. The zero-order chi connectivity index (χ0) is 23.5. The van der Waals surface area contributed by atoms with Crippen molar-refractivity contribution in [3.63, 3.8) is 0 Å². The number of amides is 1. The largest absolute Gasteiger partial charge is 0.497 e. The molecular weight excluding hydrogens is 420 g/mol. The minimum Gasteiger partial charge on any atom is -0.497 e. The molecule has 9 nitrogen and oxygen atoms in total. The molecule has 33 heavy (non-hydrogen) atoms. The smallest absolute Gasteiger partial charge is 0.274 e. The lowest BCUT2D eigenvalue weighted by molar-refractivity contribution is 0.0697. The van der Waals surface area contributed by atoms with E-state index in [-0.39, 0.29) is 23.1 Å². The third kappa shape index (κ3) is 4.72. The lowest BCUT2D eigenvalue weighted by atomic mass is 9.89. The molecular formula is C24H28N6O3. The van der Waals surface area contributed by atoms with Crippen LogP contribution in [0.1, 0.15) is 34.9 Å². The van der Waals surface area contributed by atoms with E-state index in [9.17, 15) is 9.59 Å². The van der Waals surface area contributed by atoms with Crippen molar-refractivity contribution in [3.8, 4) is 16.9 Å². The molecule has 3 aromatic rings. The number of rotatable bonds is 5. The first-order chi connectivity index (χ1) is 15.9. The quantitative estimate of drug-likeness (QED) is 0.591. The number of likely N-dealkylation sites (tertiary alicyclic amines) is 1. The number of hydrogen-bond acceptors (Lipinski definition) is 7. The number of methoxy groups -OCH3 is 1. The Labute approximate surface area is 192 Å². The molecule has 1 aromatic carbocycles. The molecule has 9 heteroatoms. The summed E-state index contributed by atoms with van der Waals surface area (Å²) in [6.45, 7) is 1.16. The molecule has 1 aliphatic rings. The molecule has 3 heterocycles. The van der Waals surface area contributed by atoms with Crippen LogP contribution in [-0.2, 0) is 7.05 Å². The van der Waals surface area contributed by atoms with Gasteiger partial charge in [-0.05, 0) is 36.6 Å². The summed E-state index contributed by atoms with van der Waals surface area (Å²) >= 11 is 0. The second-order valence-corrected chi connectivity index (χ2v) is 8.37. The van der Waals surface area contributed by atoms with E-state index in [0.29, 0.717) is 19.0 Å². The third-order valence-electron chi connectivity index (χ3n) is 5.86. The van der Waals surface area contributed by atoms with Crippen molar-refractivity contribution in [1.29, 1.82) is 0 Å². The van der Waals surface area contributed by atoms with E-state index in [2.05, 4.69) is 10.1 Å². The van der Waals surface area contributed by atoms with Gasteiger partial charge in [0.1, 0.15) is 11.4 Å². The summed E-state index contributed by atoms with van der Waals surface area (Å²) in [6, 6.07) is 10.7. The van der Waals surface area contributed by atoms with Gasteiger partial charge in [0.2, 0.25) is 5.95 Å². The Morgan fingerprint density at radius 2 is 2.03 bits per heavy atom. The summed E-state index contributed by atoms with van der Waals surface area (Å²) in [5.41, 5.74) is 2.83. The van der Waals surface area contributed by atoms with Crippen molar-refractivity contribution in [2.45, 2.75) is 18.8 Å². The molecule has 0 bridgehead atoms. The molecule has 172 valence electrons. The second kappa shape index (κ2) is 9.40. The van der Waals surface area contributed by atoms with E-state index >= 15 is 0 Å². The summed E-state index contributed by atoms with van der Waals surface area (Å²) < 4.78 is 6.59. The number of ether oxygens (including phenoxy) is 1. The minimum atomic E-state index is -0.247. The standard InChI is InChI=1S/C24H28N6O3/c1-28(2)24-25-14-19(16-7-5-9-18(13-16)33-4)22(26-24)17-8-6-12-30(15-17)23(32)20-10-11-21(31)29(3)27-20/h5,7,9-11,13-14,17H,6,8,12,15H2,1-4H3. The average molecular weight is 449 g/mol. The molecule has 0 spiro atoms. The van der Waals surface area contributed by atoms with Gasteiger partial charge in [0.05, 0.1) is 12.8 Å². The lowest BCUT2D eigenvalue weighted by Gasteiger charge is -2.33. The van der Waals surface area contributed by atoms with Gasteiger partial charge < -0.3 is 14.5 Å². The third-order valence-corrected chi connectivity index (χ3v) is 5.86. The summed E-state index contributed by atoms with van der Waals surface area (Å²) in [5.74, 6) is 1.24. The van der Waals surface area contributed by atoms with Gasteiger partial charge in [-0.1, -0.05) is 12.1 Å². The van der Waals surface area contributed by atoms with E-state index in [1.807, 2.05) is 49.5 Å². The second-order valence-electron chi connectivity index (χ2n) is 8.37. The van der Waals surface area contributed by atoms with Gasteiger partial charge in [-0.3, -0.25) is 9.59 Å². The van der Waals surface area contributed by atoms with Crippen molar-refractivity contribution < 1.29 is 9.53 Å². The molecule has 2 aromatic heterocycles. The molecule has 1 saturated heterocycles. The minimum absolute atomic E-state index is 0.0399. The van der Waals surface area contributed by atoms with Crippen LogP contribution in [0.25, 0.3) is 11.1 Å². The van der Waals surface area contributed by atoms with Crippen molar-refractivity contribution >= 4 is 11.9 Å². The van der Waals surface area contributed by atoms with Crippen LogP contribution in [0.3, 0.4) is 0 Å². The Morgan fingerprint density at radius 3 is 2.76 bits per heavy atom. The van der Waals surface area contributed by atoms with Crippen LogP contribution in [0.15, 0.2) is 47.4 Å². The predicted molar refractivity (Wildman–Crippen MR) is 126 cm³/mol. The molecule has 0 radical (unpaired) electrons. The van der Waals surface area contributed by atoms with Gasteiger partial charge in [0, 0.05) is 58.0 Å². The zero-order valence-electron chi connectivity index (χ0n) is 19.4. The fourth-order valence-corrected chi connectivity index (χ4v) is 4.09. The van der Waals surface area contributed by atoms with Gasteiger partial charge in [-0.2, -0.15) is 5.10 Å². The molecule has 1 aliphatic heterocycles. The first kappa shape index (κ1) is 22.4. The van der Waals surface area contributed by atoms with Crippen LogP contribution in [0.4, 0.5) is 5.95 Å². The maximum absolute atomic E-state index is 13.1. The first-order valence-electron chi connectivity index (χ1n) is 10.9. The number of piperidine rings is 1. The fourth-order valence-electron chi connectivity index (χ4n) is 4.09. The summed E-state index contributed by atoms with van der Waals surface area (Å²) in [4.78, 5) is 37.9. The zero-order valence-corrected chi connectivity index (χ0v) is 19.4. The van der Waals surface area contributed by atoms with Crippen molar-refractivity contribution in [3.05, 3.63) is 64.3 Å². The van der Waals surface area contributed by atoms with E-state index in [0.717, 1.165) is 35.4 Å². The maximum Gasteiger partial charge on any atom is 0.274 e. The number of hydrogen-bond donors (Lipinski definition) is 0. The molecule has 0 aliphatic carbocycles. The highest BCUT2D eigenvalue weighted by Crippen LogP contribution is 2.35. The van der Waals surface area contributed by atoms with Crippen LogP contribution < -0.4 is 15.2 Å². The molecule has 0 saturated carbocycles. The number of nitrogens with zero attached hydrogens (tertiary/aromatic N) is 6. The summed E-state index contributed by atoms with van der Waals surface area (Å²) in [5, 5.41) is 4.13. The Balaban J connectivity index is 1.69. The van der Waals surface area contributed by atoms with Crippen LogP contribution in [0.5, 0.6) is 5.75 Å². The lowest BCUT2D eigenvalue weighted by Crippen LogP contribution is -2.40. The van der Waals surface area contributed by atoms with Gasteiger partial charge in [0.25, 0.3) is 11.5 Å². The Kier molecular flexibility index (Phi) is 6.39. The van der Waals surface area contributed by atoms with Crippen molar-refractivity contribution in [2.75, 3.05) is 39.2 Å². The number of carbonyl (C=O) groups excluding carboxylic acids is 1.